The van der Waals surface area contributed by atoms with Crippen molar-refractivity contribution in [3.8, 4) is 0 Å². The van der Waals surface area contributed by atoms with Crippen LogP contribution in [0.15, 0.2) is 40.6 Å². The quantitative estimate of drug-likeness (QED) is 0.582. The summed E-state index contributed by atoms with van der Waals surface area (Å²) in [5, 5.41) is 0. The molecule has 2 aromatic rings. The number of benzene rings is 1. The number of anilines is 1. The molecule has 0 aliphatic carbocycles. The monoisotopic (exact) mass is 484 g/mol. The van der Waals surface area contributed by atoms with Crippen LogP contribution in [0.5, 0.6) is 0 Å². The minimum Gasteiger partial charge on any atom is -0.449 e. The number of hydrogen-bond acceptors (Lipinski definition) is 6. The van der Waals surface area contributed by atoms with Crippen LogP contribution < -0.4 is 4.72 Å². The second-order valence-electron chi connectivity index (χ2n) is 7.35. The SMILES string of the molecule is CC[C@H]1CCCCN1C(=O)[C@H](C)OC(=O)c1ccccc1NS(=O)(=O)c1ccc(Cl)s1. The summed E-state index contributed by atoms with van der Waals surface area (Å²) in [5.41, 5.74) is 0.0974. The van der Waals surface area contributed by atoms with Gasteiger partial charge < -0.3 is 9.64 Å². The highest BCUT2D eigenvalue weighted by atomic mass is 35.5. The molecule has 7 nitrogen and oxygen atoms in total. The van der Waals surface area contributed by atoms with Crippen molar-refractivity contribution in [2.45, 2.75) is 55.9 Å². The average Bonchev–Trinajstić information content (AvgIpc) is 3.20. The topological polar surface area (TPSA) is 92.8 Å². The fraction of sp³-hybridized carbons (Fsp3) is 0.429. The summed E-state index contributed by atoms with van der Waals surface area (Å²) in [7, 11) is -3.92. The van der Waals surface area contributed by atoms with Gasteiger partial charge in [0.2, 0.25) is 0 Å². The maximum Gasteiger partial charge on any atom is 0.341 e. The molecule has 168 valence electrons. The second-order valence-corrected chi connectivity index (χ2v) is 11.0. The molecule has 0 saturated carbocycles. The number of sulfonamides is 1. The van der Waals surface area contributed by atoms with Gasteiger partial charge in [0, 0.05) is 12.6 Å². The highest BCUT2D eigenvalue weighted by Crippen LogP contribution is 2.28. The summed E-state index contributed by atoms with van der Waals surface area (Å²) in [6.07, 6.45) is 2.84. The number of esters is 1. The molecule has 0 spiro atoms. The number of ether oxygens (including phenoxy) is 1. The maximum atomic E-state index is 12.9. The van der Waals surface area contributed by atoms with Gasteiger partial charge in [-0.15, -0.1) is 11.3 Å². The van der Waals surface area contributed by atoms with E-state index in [0.717, 1.165) is 37.0 Å². The van der Waals surface area contributed by atoms with Crippen molar-refractivity contribution < 1.29 is 22.7 Å². The molecule has 1 aromatic heterocycles. The van der Waals surface area contributed by atoms with Crippen molar-refractivity contribution in [1.82, 2.24) is 4.90 Å². The van der Waals surface area contributed by atoms with E-state index in [0.29, 0.717) is 10.9 Å². The predicted molar refractivity (Wildman–Crippen MR) is 121 cm³/mol. The molecular weight excluding hydrogens is 460 g/mol. The Morgan fingerprint density at radius 1 is 1.26 bits per heavy atom. The number of likely N-dealkylation sites (tertiary alicyclic amines) is 1. The van der Waals surface area contributed by atoms with Crippen LogP contribution in [0.3, 0.4) is 0 Å². The zero-order chi connectivity index (χ0) is 22.6. The smallest absolute Gasteiger partial charge is 0.341 e. The Labute approximate surface area is 191 Å². The van der Waals surface area contributed by atoms with Crippen molar-refractivity contribution >= 4 is 50.5 Å². The predicted octanol–water partition coefficient (Wildman–Crippen LogP) is 4.54. The molecule has 3 rings (SSSR count). The molecule has 1 N–H and O–H groups in total. The number of para-hydroxylation sites is 1. The number of carbonyl (C=O) groups is 2. The van der Waals surface area contributed by atoms with Gasteiger partial charge in [0.15, 0.2) is 6.10 Å². The van der Waals surface area contributed by atoms with E-state index in [1.165, 1.54) is 24.3 Å². The molecular formula is C21H25ClN2O5S2. The Morgan fingerprint density at radius 3 is 2.68 bits per heavy atom. The first-order chi connectivity index (χ1) is 14.7. The van der Waals surface area contributed by atoms with E-state index in [1.54, 1.807) is 24.0 Å². The summed E-state index contributed by atoms with van der Waals surface area (Å²) < 4.78 is 33.4. The van der Waals surface area contributed by atoms with Gasteiger partial charge in [0.1, 0.15) is 4.21 Å². The van der Waals surface area contributed by atoms with Crippen LogP contribution in [-0.2, 0) is 19.6 Å². The summed E-state index contributed by atoms with van der Waals surface area (Å²) in [6, 6.07) is 9.14. The minimum absolute atomic E-state index is 0.0269. The van der Waals surface area contributed by atoms with Crippen molar-refractivity contribution in [1.29, 1.82) is 0 Å². The molecule has 0 bridgehead atoms. The third-order valence-corrected chi connectivity index (χ3v) is 8.31. The zero-order valence-corrected chi connectivity index (χ0v) is 19.7. The fourth-order valence-corrected chi connectivity index (χ4v) is 6.17. The van der Waals surface area contributed by atoms with E-state index in [9.17, 15) is 18.0 Å². The summed E-state index contributed by atoms with van der Waals surface area (Å²) >= 11 is 6.75. The molecule has 0 unspecified atom stereocenters. The van der Waals surface area contributed by atoms with E-state index in [2.05, 4.69) is 4.72 Å². The van der Waals surface area contributed by atoms with E-state index in [-0.39, 0.29) is 27.4 Å². The lowest BCUT2D eigenvalue weighted by molar-refractivity contribution is -0.143. The van der Waals surface area contributed by atoms with Gasteiger partial charge in [0.25, 0.3) is 15.9 Å². The number of halogens is 1. The van der Waals surface area contributed by atoms with Crippen LogP contribution >= 0.6 is 22.9 Å². The molecule has 1 aliphatic heterocycles. The molecule has 1 fully saturated rings. The van der Waals surface area contributed by atoms with Crippen LogP contribution in [0, 0.1) is 0 Å². The molecule has 1 saturated heterocycles. The summed E-state index contributed by atoms with van der Waals surface area (Å²) in [6.45, 7) is 4.23. The number of nitrogens with one attached hydrogen (secondary N) is 1. The van der Waals surface area contributed by atoms with Gasteiger partial charge in [-0.25, -0.2) is 13.2 Å². The van der Waals surface area contributed by atoms with E-state index in [4.69, 9.17) is 16.3 Å². The molecule has 2 heterocycles. The van der Waals surface area contributed by atoms with Crippen LogP contribution in [0.4, 0.5) is 5.69 Å². The normalized spacial score (nSPS) is 17.8. The van der Waals surface area contributed by atoms with Crippen molar-refractivity contribution in [3.05, 3.63) is 46.3 Å². The van der Waals surface area contributed by atoms with Gasteiger partial charge >= 0.3 is 5.97 Å². The van der Waals surface area contributed by atoms with E-state index >= 15 is 0 Å². The molecule has 1 aliphatic rings. The maximum absolute atomic E-state index is 12.9. The number of thiophene rings is 1. The lowest BCUT2D eigenvalue weighted by Gasteiger charge is -2.36. The van der Waals surface area contributed by atoms with Crippen LogP contribution in [-0.4, -0.2) is 43.9 Å². The van der Waals surface area contributed by atoms with Crippen molar-refractivity contribution in [2.24, 2.45) is 0 Å². The summed E-state index contributed by atoms with van der Waals surface area (Å²) in [5.74, 6) is -1.00. The summed E-state index contributed by atoms with van der Waals surface area (Å²) in [4.78, 5) is 27.4. The van der Waals surface area contributed by atoms with Crippen LogP contribution in [0.2, 0.25) is 4.34 Å². The first-order valence-corrected chi connectivity index (χ1v) is 12.8. The Morgan fingerprint density at radius 2 is 2.00 bits per heavy atom. The fourth-order valence-electron chi connectivity index (χ4n) is 3.61. The largest absolute Gasteiger partial charge is 0.449 e. The Hall–Kier alpha value is -2.10. The number of piperidine rings is 1. The molecule has 1 amide bonds. The van der Waals surface area contributed by atoms with Crippen LogP contribution in [0.25, 0.3) is 0 Å². The Balaban J connectivity index is 1.74. The second kappa shape index (κ2) is 10.0. The zero-order valence-electron chi connectivity index (χ0n) is 17.3. The first kappa shape index (κ1) is 23.6. The number of nitrogens with zero attached hydrogens (tertiary/aromatic N) is 1. The van der Waals surface area contributed by atoms with Crippen molar-refractivity contribution in [3.63, 3.8) is 0 Å². The third-order valence-electron chi connectivity index (χ3n) is 5.22. The van der Waals surface area contributed by atoms with Gasteiger partial charge in [-0.1, -0.05) is 30.7 Å². The van der Waals surface area contributed by atoms with E-state index < -0.39 is 22.1 Å². The molecule has 31 heavy (non-hydrogen) atoms. The molecule has 1 aromatic carbocycles. The Kier molecular flexibility index (Phi) is 7.61. The molecule has 0 radical (unpaired) electrons. The molecule has 2 atom stereocenters. The van der Waals surface area contributed by atoms with Gasteiger partial charge in [-0.05, 0) is 56.9 Å². The average molecular weight is 485 g/mol. The Bertz CT molecular complexity index is 1050. The lowest BCUT2D eigenvalue weighted by Crippen LogP contribution is -2.48. The highest BCUT2D eigenvalue weighted by Gasteiger charge is 2.31. The minimum atomic E-state index is -3.92. The number of hydrogen-bond donors (Lipinski definition) is 1. The first-order valence-electron chi connectivity index (χ1n) is 10.1. The van der Waals surface area contributed by atoms with Gasteiger partial charge in [0.05, 0.1) is 15.6 Å². The molecule has 10 heteroatoms. The standard InChI is InChI=1S/C21H25ClN2O5S2/c1-3-15-8-6-7-13-24(15)20(25)14(2)29-21(26)16-9-4-5-10-17(16)23-31(27,28)19-12-11-18(22)30-19/h4-5,9-12,14-15,23H,3,6-8,13H2,1-2H3/t14-,15-/m0/s1. The van der Waals surface area contributed by atoms with Crippen LogP contribution in [0.1, 0.15) is 49.9 Å². The van der Waals surface area contributed by atoms with Crippen molar-refractivity contribution in [2.75, 3.05) is 11.3 Å². The van der Waals surface area contributed by atoms with Gasteiger partial charge in [-0.2, -0.15) is 0 Å². The number of carbonyl (C=O) groups excluding carboxylic acids is 2. The lowest BCUT2D eigenvalue weighted by atomic mass is 9.99. The highest BCUT2D eigenvalue weighted by molar-refractivity contribution is 7.94. The number of amides is 1. The van der Waals surface area contributed by atoms with Gasteiger partial charge in [-0.3, -0.25) is 9.52 Å². The third kappa shape index (κ3) is 5.58. The van der Waals surface area contributed by atoms with E-state index in [1.807, 2.05) is 6.92 Å². The number of rotatable bonds is 7.